The van der Waals surface area contributed by atoms with Gasteiger partial charge in [-0.25, -0.2) is 18.5 Å². The van der Waals surface area contributed by atoms with Gasteiger partial charge in [-0.15, -0.1) is 0 Å². The number of hydrogen-bond acceptors (Lipinski definition) is 7. The second kappa shape index (κ2) is 9.06. The molecule has 0 aliphatic carbocycles. The number of carbonyl (C=O) groups is 1. The predicted octanol–water partition coefficient (Wildman–Crippen LogP) is 2.07. The molecule has 0 spiro atoms. The van der Waals surface area contributed by atoms with E-state index in [0.29, 0.717) is 16.3 Å². The lowest BCUT2D eigenvalue weighted by molar-refractivity contribution is 0.101. The van der Waals surface area contributed by atoms with Crippen molar-refractivity contribution in [2.24, 2.45) is 12.2 Å². The Kier molecular flexibility index (Phi) is 6.65. The van der Waals surface area contributed by atoms with Crippen LogP contribution in [0.25, 0.3) is 0 Å². The fourth-order valence-corrected chi connectivity index (χ4v) is 3.65. The summed E-state index contributed by atoms with van der Waals surface area (Å²) in [6.45, 7) is 1.48. The number of ketones is 1. The topological polar surface area (TPSA) is 137 Å². The smallest absolute Gasteiger partial charge is 0.238 e. The summed E-state index contributed by atoms with van der Waals surface area (Å²) in [5, 5.41) is 18.6. The first-order valence-electron chi connectivity index (χ1n) is 9.08. The average molecular weight is 465 g/mol. The van der Waals surface area contributed by atoms with Crippen molar-refractivity contribution in [3.63, 3.8) is 0 Å². The third-order valence-corrected chi connectivity index (χ3v) is 5.60. The van der Waals surface area contributed by atoms with E-state index in [-0.39, 0.29) is 34.4 Å². The van der Waals surface area contributed by atoms with Crippen LogP contribution in [0.15, 0.2) is 53.7 Å². The van der Waals surface area contributed by atoms with E-state index in [9.17, 15) is 18.3 Å². The molecule has 11 heteroatoms. The summed E-state index contributed by atoms with van der Waals surface area (Å²) in [4.78, 5) is 16.9. The van der Waals surface area contributed by atoms with Crippen LogP contribution >= 0.6 is 11.6 Å². The van der Waals surface area contributed by atoms with Crippen molar-refractivity contribution in [2.75, 3.05) is 11.9 Å². The summed E-state index contributed by atoms with van der Waals surface area (Å²) in [5.74, 6) is 0.0813. The van der Waals surface area contributed by atoms with Crippen LogP contribution in [0.1, 0.15) is 21.7 Å². The first-order valence-corrected chi connectivity index (χ1v) is 11.0. The van der Waals surface area contributed by atoms with Crippen LogP contribution in [0, 0.1) is 6.92 Å². The minimum Gasteiger partial charge on any atom is -0.488 e. The maximum absolute atomic E-state index is 12.8. The van der Waals surface area contributed by atoms with Gasteiger partial charge in [-0.05, 0) is 48.9 Å². The minimum atomic E-state index is -3.82. The van der Waals surface area contributed by atoms with Crippen LogP contribution in [0.3, 0.4) is 0 Å². The SMILES string of the molecule is Cc1cc(S(N)(=O)=O)ccc1NC(O)COc1ccc(Cl)cc1C(=O)c1nccn1C. The zero-order valence-corrected chi connectivity index (χ0v) is 18.3. The molecule has 0 saturated heterocycles. The highest BCUT2D eigenvalue weighted by Crippen LogP contribution is 2.26. The van der Waals surface area contributed by atoms with Gasteiger partial charge < -0.3 is 19.7 Å². The van der Waals surface area contributed by atoms with E-state index in [4.69, 9.17) is 21.5 Å². The van der Waals surface area contributed by atoms with Gasteiger partial charge in [-0.3, -0.25) is 4.79 Å². The zero-order valence-electron chi connectivity index (χ0n) is 16.7. The van der Waals surface area contributed by atoms with E-state index >= 15 is 0 Å². The number of aliphatic hydroxyl groups is 1. The highest BCUT2D eigenvalue weighted by molar-refractivity contribution is 7.89. The van der Waals surface area contributed by atoms with Gasteiger partial charge in [-0.2, -0.15) is 0 Å². The van der Waals surface area contributed by atoms with Crippen molar-refractivity contribution < 1.29 is 23.1 Å². The van der Waals surface area contributed by atoms with Crippen LogP contribution in [0.5, 0.6) is 5.75 Å². The maximum atomic E-state index is 12.8. The van der Waals surface area contributed by atoms with Gasteiger partial charge in [0, 0.05) is 30.2 Å². The number of nitrogens with two attached hydrogens (primary N) is 1. The zero-order chi connectivity index (χ0) is 22.8. The summed E-state index contributed by atoms with van der Waals surface area (Å²) in [5.41, 5.74) is 1.29. The van der Waals surface area contributed by atoms with Gasteiger partial charge in [0.1, 0.15) is 12.4 Å². The molecular formula is C20H21ClN4O5S. The number of ether oxygens (including phenoxy) is 1. The van der Waals surface area contributed by atoms with Gasteiger partial charge >= 0.3 is 0 Å². The molecule has 1 aromatic heterocycles. The van der Waals surface area contributed by atoms with E-state index in [1.807, 2.05) is 0 Å². The maximum Gasteiger partial charge on any atom is 0.238 e. The van der Waals surface area contributed by atoms with Crippen LogP contribution in [-0.2, 0) is 17.1 Å². The lowest BCUT2D eigenvalue weighted by Gasteiger charge is -2.18. The van der Waals surface area contributed by atoms with E-state index in [0.717, 1.165) is 0 Å². The van der Waals surface area contributed by atoms with Gasteiger partial charge in [0.15, 0.2) is 12.1 Å². The van der Waals surface area contributed by atoms with Gasteiger partial charge in [0.05, 0.1) is 10.5 Å². The fraction of sp³-hybridized carbons (Fsp3) is 0.200. The van der Waals surface area contributed by atoms with Crippen molar-refractivity contribution in [3.05, 3.63) is 70.8 Å². The molecule has 4 N–H and O–H groups in total. The van der Waals surface area contributed by atoms with Gasteiger partial charge in [0.2, 0.25) is 15.8 Å². The van der Waals surface area contributed by atoms with E-state index in [1.54, 1.807) is 30.8 Å². The minimum absolute atomic E-state index is 0.0279. The summed E-state index contributed by atoms with van der Waals surface area (Å²) in [6.07, 6.45) is 2.01. The molecule has 0 fully saturated rings. The number of imidazole rings is 1. The quantitative estimate of drug-likeness (QED) is 0.343. The highest BCUT2D eigenvalue weighted by Gasteiger charge is 2.20. The molecule has 0 saturated carbocycles. The highest BCUT2D eigenvalue weighted by atomic mass is 35.5. The van der Waals surface area contributed by atoms with E-state index in [2.05, 4.69) is 10.3 Å². The fourth-order valence-electron chi connectivity index (χ4n) is 2.88. The number of carbonyl (C=O) groups excluding carboxylic acids is 1. The first kappa shape index (κ1) is 22.8. The van der Waals surface area contributed by atoms with Crippen LogP contribution < -0.4 is 15.2 Å². The van der Waals surface area contributed by atoms with Crippen molar-refractivity contribution >= 4 is 33.1 Å². The second-order valence-corrected chi connectivity index (χ2v) is 8.82. The molecule has 1 unspecified atom stereocenters. The van der Waals surface area contributed by atoms with Crippen LogP contribution in [0.2, 0.25) is 5.02 Å². The summed E-state index contributed by atoms with van der Waals surface area (Å²) >= 11 is 6.05. The predicted molar refractivity (Wildman–Crippen MR) is 116 cm³/mol. The molecule has 9 nitrogen and oxygen atoms in total. The molecule has 164 valence electrons. The number of benzene rings is 2. The molecule has 0 amide bonds. The number of hydrogen-bond donors (Lipinski definition) is 3. The first-order chi connectivity index (χ1) is 14.6. The molecule has 2 aromatic carbocycles. The molecule has 1 atom stereocenters. The summed E-state index contributed by atoms with van der Waals surface area (Å²) in [6, 6.07) is 8.81. The Balaban J connectivity index is 1.73. The van der Waals surface area contributed by atoms with Crippen molar-refractivity contribution in [2.45, 2.75) is 18.0 Å². The van der Waals surface area contributed by atoms with Crippen LogP contribution in [0.4, 0.5) is 5.69 Å². The average Bonchev–Trinajstić information content (AvgIpc) is 3.13. The monoisotopic (exact) mass is 464 g/mol. The number of rotatable bonds is 8. The number of aryl methyl sites for hydroxylation is 2. The Labute approximate surface area is 184 Å². The van der Waals surface area contributed by atoms with Crippen molar-refractivity contribution in [3.8, 4) is 5.75 Å². The Morgan fingerprint density at radius 3 is 2.68 bits per heavy atom. The van der Waals surface area contributed by atoms with E-state index < -0.39 is 16.3 Å². The van der Waals surface area contributed by atoms with E-state index in [1.165, 1.54) is 36.5 Å². The Bertz CT molecular complexity index is 1230. The van der Waals surface area contributed by atoms with Crippen molar-refractivity contribution in [1.82, 2.24) is 9.55 Å². The molecule has 0 radical (unpaired) electrons. The molecule has 0 bridgehead atoms. The number of primary sulfonamides is 1. The molecular weight excluding hydrogens is 444 g/mol. The number of anilines is 1. The third-order valence-electron chi connectivity index (χ3n) is 4.46. The molecule has 1 heterocycles. The summed E-state index contributed by atoms with van der Waals surface area (Å²) in [7, 11) is -2.12. The largest absolute Gasteiger partial charge is 0.488 e. The number of nitrogens with one attached hydrogen (secondary N) is 1. The lowest BCUT2D eigenvalue weighted by Crippen LogP contribution is -2.27. The third kappa shape index (κ3) is 5.42. The van der Waals surface area contributed by atoms with Gasteiger partial charge in [0.25, 0.3) is 0 Å². The number of aliphatic hydroxyl groups excluding tert-OH is 1. The second-order valence-electron chi connectivity index (χ2n) is 6.82. The number of aromatic nitrogens is 2. The van der Waals surface area contributed by atoms with Crippen LogP contribution in [-0.4, -0.2) is 41.7 Å². The van der Waals surface area contributed by atoms with Gasteiger partial charge in [-0.1, -0.05) is 11.6 Å². The normalized spacial score (nSPS) is 12.4. The molecule has 3 rings (SSSR count). The number of sulfonamides is 1. The molecule has 0 aliphatic rings. The Morgan fingerprint density at radius 2 is 2.06 bits per heavy atom. The Hall–Kier alpha value is -2.92. The van der Waals surface area contributed by atoms with Crippen molar-refractivity contribution in [1.29, 1.82) is 0 Å². The molecule has 31 heavy (non-hydrogen) atoms. The number of halogens is 1. The lowest BCUT2D eigenvalue weighted by atomic mass is 10.1. The molecule has 3 aromatic rings. The molecule has 0 aliphatic heterocycles. The summed E-state index contributed by atoms with van der Waals surface area (Å²) < 4.78 is 30.1. The Morgan fingerprint density at radius 1 is 1.32 bits per heavy atom. The standard InChI is InChI=1S/C20H21ClN4O5S/c1-12-9-14(31(22,28)29)4-5-16(12)24-18(26)11-30-17-6-3-13(21)10-15(17)19(27)20-23-7-8-25(20)2/h3-10,18,24,26H,11H2,1-2H3,(H2,22,28,29). The number of nitrogens with zero attached hydrogens (tertiary/aromatic N) is 2.